The van der Waals surface area contributed by atoms with Crippen molar-refractivity contribution < 1.29 is 8.42 Å². The molecule has 0 aliphatic rings. The number of nitrogens with zero attached hydrogens (tertiary/aromatic N) is 2. The van der Waals surface area contributed by atoms with Gasteiger partial charge in [0.2, 0.25) is 0 Å². The summed E-state index contributed by atoms with van der Waals surface area (Å²) in [6, 6.07) is 0. The summed E-state index contributed by atoms with van der Waals surface area (Å²) in [5.74, 6) is 0. The van der Waals surface area contributed by atoms with Gasteiger partial charge in [-0.1, -0.05) is 22.9 Å². The highest BCUT2D eigenvalue weighted by molar-refractivity contribution is 7.91. The number of H-pyrrole nitrogens is 1. The maximum absolute atomic E-state index is 12.0. The molecule has 18 heavy (non-hydrogen) atoms. The van der Waals surface area contributed by atoms with Crippen molar-refractivity contribution in [2.45, 2.75) is 24.6 Å². The van der Waals surface area contributed by atoms with Crippen molar-refractivity contribution >= 4 is 33.0 Å². The van der Waals surface area contributed by atoms with Crippen molar-refractivity contribution in [2.75, 3.05) is 0 Å². The van der Waals surface area contributed by atoms with E-state index in [2.05, 4.69) is 19.9 Å². The molecule has 0 saturated heterocycles. The van der Waals surface area contributed by atoms with E-state index >= 15 is 0 Å². The van der Waals surface area contributed by atoms with Gasteiger partial charge in [0.15, 0.2) is 8.68 Å². The Balaban J connectivity index is 2.18. The molecule has 9 heteroatoms. The van der Waals surface area contributed by atoms with Gasteiger partial charge in [0.05, 0.1) is 11.9 Å². The number of halogens is 1. The lowest BCUT2D eigenvalue weighted by Crippen LogP contribution is -2.23. The van der Waals surface area contributed by atoms with E-state index in [1.54, 1.807) is 13.1 Å². The molecule has 0 amide bonds. The van der Waals surface area contributed by atoms with Crippen LogP contribution in [0.4, 0.5) is 0 Å². The molecule has 0 fully saturated rings. The van der Waals surface area contributed by atoms with Crippen molar-refractivity contribution in [3.8, 4) is 0 Å². The van der Waals surface area contributed by atoms with Crippen molar-refractivity contribution in [1.29, 1.82) is 0 Å². The van der Waals surface area contributed by atoms with Crippen molar-refractivity contribution in [3.05, 3.63) is 27.6 Å². The van der Waals surface area contributed by atoms with E-state index in [1.165, 1.54) is 0 Å². The Morgan fingerprint density at radius 1 is 1.50 bits per heavy atom. The summed E-state index contributed by atoms with van der Waals surface area (Å²) in [7, 11) is -3.58. The van der Waals surface area contributed by atoms with Crippen LogP contribution in [0.15, 0.2) is 10.4 Å². The van der Waals surface area contributed by atoms with Gasteiger partial charge < -0.3 is 0 Å². The topological polar surface area (TPSA) is 87.7 Å². The van der Waals surface area contributed by atoms with Gasteiger partial charge in [-0.05, 0) is 13.8 Å². The lowest BCUT2D eigenvalue weighted by atomic mass is 10.3. The average Bonchev–Trinajstić information content (AvgIpc) is 2.82. The summed E-state index contributed by atoms with van der Waals surface area (Å²) in [6.07, 6.45) is 1.59. The molecular formula is C9H11ClN4O2S2. The second-order valence-electron chi connectivity index (χ2n) is 3.68. The van der Waals surface area contributed by atoms with Gasteiger partial charge >= 0.3 is 0 Å². The number of aromatic amines is 1. The maximum Gasteiger partial charge on any atom is 0.252 e. The fourth-order valence-electron chi connectivity index (χ4n) is 1.39. The maximum atomic E-state index is 12.0. The van der Waals surface area contributed by atoms with Crippen LogP contribution in [0.3, 0.4) is 0 Å². The number of nitrogens with one attached hydrogen (secondary N) is 2. The molecule has 0 bridgehead atoms. The molecule has 6 nitrogen and oxygen atoms in total. The minimum atomic E-state index is -3.58. The first-order chi connectivity index (χ1) is 8.40. The summed E-state index contributed by atoms with van der Waals surface area (Å²) in [4.78, 5) is 3.89. The fourth-order valence-corrected chi connectivity index (χ4v) is 4.18. The highest BCUT2D eigenvalue weighted by Crippen LogP contribution is 2.26. The van der Waals surface area contributed by atoms with Gasteiger partial charge in [0, 0.05) is 17.8 Å². The van der Waals surface area contributed by atoms with E-state index in [1.807, 2.05) is 6.92 Å². The van der Waals surface area contributed by atoms with Crippen LogP contribution in [0.2, 0.25) is 4.47 Å². The van der Waals surface area contributed by atoms with Crippen LogP contribution in [-0.4, -0.2) is 23.6 Å². The van der Waals surface area contributed by atoms with Gasteiger partial charge in [-0.25, -0.2) is 18.1 Å². The van der Waals surface area contributed by atoms with Crippen LogP contribution in [-0.2, 0) is 16.6 Å². The smallest absolute Gasteiger partial charge is 0.252 e. The number of aryl methyl sites for hydroxylation is 2. The second kappa shape index (κ2) is 4.96. The average molecular weight is 307 g/mol. The van der Waals surface area contributed by atoms with E-state index in [0.717, 1.165) is 22.6 Å². The molecule has 0 atom stereocenters. The van der Waals surface area contributed by atoms with E-state index < -0.39 is 10.0 Å². The molecule has 0 radical (unpaired) electrons. The van der Waals surface area contributed by atoms with E-state index in [-0.39, 0.29) is 15.2 Å². The third-order valence-corrected chi connectivity index (χ3v) is 5.63. The second-order valence-corrected chi connectivity index (χ2v) is 7.23. The first-order valence-electron chi connectivity index (χ1n) is 5.01. The Kier molecular flexibility index (Phi) is 3.71. The van der Waals surface area contributed by atoms with Gasteiger partial charge in [-0.3, -0.25) is 5.10 Å². The number of hydrogen-bond acceptors (Lipinski definition) is 5. The highest BCUT2D eigenvalue weighted by Gasteiger charge is 2.21. The quantitative estimate of drug-likeness (QED) is 0.898. The largest absolute Gasteiger partial charge is 0.283 e. The first kappa shape index (κ1) is 13.5. The van der Waals surface area contributed by atoms with Gasteiger partial charge in [-0.2, -0.15) is 5.10 Å². The van der Waals surface area contributed by atoms with Gasteiger partial charge in [0.25, 0.3) is 10.0 Å². The number of aromatic nitrogens is 3. The molecule has 0 aromatic carbocycles. The van der Waals surface area contributed by atoms with Crippen LogP contribution < -0.4 is 4.72 Å². The predicted molar refractivity (Wildman–Crippen MR) is 69.2 cm³/mol. The predicted octanol–water partition coefficient (Wildman–Crippen LogP) is 1.61. The van der Waals surface area contributed by atoms with Crippen LogP contribution in [0.5, 0.6) is 0 Å². The minimum Gasteiger partial charge on any atom is -0.283 e. The standard InChI is InChI=1S/C9H11ClN4O2S2/c1-5-7(3-11-14-5)4-12-18(15,16)8-6(2)13-9(10)17-8/h3,12H,4H2,1-2H3,(H,11,14). The first-order valence-corrected chi connectivity index (χ1v) is 7.69. The number of sulfonamides is 1. The van der Waals surface area contributed by atoms with Crippen molar-refractivity contribution in [1.82, 2.24) is 19.9 Å². The molecule has 2 aromatic heterocycles. The Morgan fingerprint density at radius 3 is 2.72 bits per heavy atom. The Morgan fingerprint density at radius 2 is 2.22 bits per heavy atom. The Labute approximate surface area is 113 Å². The third kappa shape index (κ3) is 2.72. The summed E-state index contributed by atoms with van der Waals surface area (Å²) in [5.41, 5.74) is 2.03. The summed E-state index contributed by atoms with van der Waals surface area (Å²) < 4.78 is 26.9. The SMILES string of the molecule is Cc1nc(Cl)sc1S(=O)(=O)NCc1cn[nH]c1C. The zero-order valence-electron chi connectivity index (χ0n) is 9.69. The molecule has 2 aromatic rings. The van der Waals surface area contributed by atoms with Crippen LogP contribution >= 0.6 is 22.9 Å². The monoisotopic (exact) mass is 306 g/mol. The Bertz CT molecular complexity index is 662. The zero-order valence-corrected chi connectivity index (χ0v) is 12.1. The molecule has 0 saturated carbocycles. The third-order valence-electron chi connectivity index (χ3n) is 2.36. The highest BCUT2D eigenvalue weighted by atomic mass is 35.5. The lowest BCUT2D eigenvalue weighted by molar-refractivity contribution is 0.582. The van der Waals surface area contributed by atoms with E-state index in [9.17, 15) is 8.42 Å². The van der Waals surface area contributed by atoms with Crippen LogP contribution in [0, 0.1) is 13.8 Å². The van der Waals surface area contributed by atoms with Gasteiger partial charge in [-0.15, -0.1) is 0 Å². The van der Waals surface area contributed by atoms with E-state index in [4.69, 9.17) is 11.6 Å². The summed E-state index contributed by atoms with van der Waals surface area (Å²) in [5, 5.41) is 6.57. The molecule has 2 heterocycles. The summed E-state index contributed by atoms with van der Waals surface area (Å²) >= 11 is 6.64. The zero-order chi connectivity index (χ0) is 13.3. The molecule has 2 rings (SSSR count). The van der Waals surface area contributed by atoms with Crippen molar-refractivity contribution in [2.24, 2.45) is 0 Å². The minimum absolute atomic E-state index is 0.147. The lowest BCUT2D eigenvalue weighted by Gasteiger charge is -2.04. The van der Waals surface area contributed by atoms with Crippen molar-refractivity contribution in [3.63, 3.8) is 0 Å². The molecule has 2 N–H and O–H groups in total. The van der Waals surface area contributed by atoms with E-state index in [0.29, 0.717) is 5.69 Å². The van der Waals surface area contributed by atoms with Crippen LogP contribution in [0.1, 0.15) is 17.0 Å². The fraction of sp³-hybridized carbons (Fsp3) is 0.333. The van der Waals surface area contributed by atoms with Crippen LogP contribution in [0.25, 0.3) is 0 Å². The molecular weight excluding hydrogens is 296 g/mol. The van der Waals surface area contributed by atoms with Gasteiger partial charge in [0.1, 0.15) is 0 Å². The number of rotatable bonds is 4. The summed E-state index contributed by atoms with van der Waals surface area (Å²) in [6.45, 7) is 3.62. The number of hydrogen-bond donors (Lipinski definition) is 2. The molecule has 0 spiro atoms. The molecule has 98 valence electrons. The normalized spacial score (nSPS) is 11.9. The molecule has 0 aliphatic heterocycles. The molecule has 0 unspecified atom stereocenters. The Hall–Kier alpha value is -0.960. The molecule has 0 aliphatic carbocycles. The number of thiazole rings is 1.